The summed E-state index contributed by atoms with van der Waals surface area (Å²) < 4.78 is 0. The molecular weight excluding hydrogens is 308 g/mol. The normalized spacial score (nSPS) is 18.2. The zero-order valence-electron chi connectivity index (χ0n) is 11.3. The Morgan fingerprint density at radius 1 is 1.52 bits per heavy atom. The summed E-state index contributed by atoms with van der Waals surface area (Å²) in [6.45, 7) is 1.02. The predicted molar refractivity (Wildman–Crippen MR) is 83.6 cm³/mol. The number of rotatable bonds is 3. The van der Waals surface area contributed by atoms with Crippen molar-refractivity contribution in [2.24, 2.45) is 0 Å². The lowest BCUT2D eigenvalue weighted by Crippen LogP contribution is -2.29. The summed E-state index contributed by atoms with van der Waals surface area (Å²) in [4.78, 5) is 18.5. The zero-order valence-corrected chi connectivity index (χ0v) is 12.9. The number of carbonyl (C=O) groups excluding carboxylic acids is 1. The highest BCUT2D eigenvalue weighted by molar-refractivity contribution is 7.13. The Bertz CT molecular complexity index is 659. The van der Waals surface area contributed by atoms with Crippen LogP contribution in [0.4, 0.5) is 0 Å². The van der Waals surface area contributed by atoms with Gasteiger partial charge in [0.15, 0.2) is 0 Å². The number of hydrogen-bond acceptors (Lipinski definition) is 4. The quantitative estimate of drug-likeness (QED) is 0.884. The number of alkyl halides is 1. The van der Waals surface area contributed by atoms with Gasteiger partial charge in [-0.1, -0.05) is 12.1 Å². The van der Waals surface area contributed by atoms with Crippen LogP contribution in [0.1, 0.15) is 22.5 Å². The maximum Gasteiger partial charge on any atom is 0.253 e. The van der Waals surface area contributed by atoms with Crippen LogP contribution >= 0.6 is 22.9 Å². The Balaban J connectivity index is 1.84. The van der Waals surface area contributed by atoms with E-state index in [1.165, 1.54) is 11.3 Å². The summed E-state index contributed by atoms with van der Waals surface area (Å²) in [5.74, 6) is 0.350. The van der Waals surface area contributed by atoms with Gasteiger partial charge in [-0.05, 0) is 18.6 Å². The van der Waals surface area contributed by atoms with E-state index in [1.54, 1.807) is 11.0 Å². The largest absolute Gasteiger partial charge is 0.391 e. The molecule has 1 saturated heterocycles. The summed E-state index contributed by atoms with van der Waals surface area (Å²) >= 11 is 7.29. The molecule has 1 unspecified atom stereocenters. The molecule has 0 spiro atoms. The Kier molecular flexibility index (Phi) is 4.24. The molecular formula is C15H15ClN2O2S. The number of nitrogens with zero attached hydrogens (tertiary/aromatic N) is 2. The number of aliphatic hydroxyl groups is 1. The Morgan fingerprint density at radius 2 is 2.38 bits per heavy atom. The minimum absolute atomic E-state index is 0.0393. The van der Waals surface area contributed by atoms with Crippen molar-refractivity contribution in [3.8, 4) is 10.6 Å². The number of hydrogen-bond donors (Lipinski definition) is 1. The number of β-amino-alcohol motifs (C(OH)–C–C–N with tert-alkyl or cyclic N) is 1. The molecule has 1 aromatic heterocycles. The molecule has 1 aliphatic heterocycles. The van der Waals surface area contributed by atoms with Gasteiger partial charge < -0.3 is 10.0 Å². The smallest absolute Gasteiger partial charge is 0.253 e. The Labute approximate surface area is 132 Å². The molecule has 1 fully saturated rings. The van der Waals surface area contributed by atoms with Gasteiger partial charge in [-0.2, -0.15) is 0 Å². The van der Waals surface area contributed by atoms with Gasteiger partial charge >= 0.3 is 0 Å². The van der Waals surface area contributed by atoms with Crippen LogP contribution in [-0.2, 0) is 5.88 Å². The van der Waals surface area contributed by atoms with E-state index >= 15 is 0 Å². The zero-order chi connectivity index (χ0) is 14.8. The molecule has 1 N–H and O–H groups in total. The van der Waals surface area contributed by atoms with Crippen molar-refractivity contribution < 1.29 is 9.90 Å². The van der Waals surface area contributed by atoms with Gasteiger partial charge in [0.25, 0.3) is 5.91 Å². The first-order chi connectivity index (χ1) is 10.2. The number of carbonyl (C=O) groups is 1. The highest BCUT2D eigenvalue weighted by atomic mass is 35.5. The van der Waals surface area contributed by atoms with Gasteiger partial charge in [0, 0.05) is 29.6 Å². The summed E-state index contributed by atoms with van der Waals surface area (Å²) in [7, 11) is 0. The first-order valence-corrected chi connectivity index (χ1v) is 8.17. The molecule has 110 valence electrons. The third-order valence-electron chi connectivity index (χ3n) is 3.50. The Morgan fingerprint density at radius 3 is 3.05 bits per heavy atom. The van der Waals surface area contributed by atoms with Crippen molar-refractivity contribution in [1.29, 1.82) is 0 Å². The van der Waals surface area contributed by atoms with E-state index in [9.17, 15) is 9.90 Å². The molecule has 3 rings (SSSR count). The maximum atomic E-state index is 12.4. The summed E-state index contributed by atoms with van der Waals surface area (Å²) in [5.41, 5.74) is 2.39. The van der Waals surface area contributed by atoms with Crippen molar-refractivity contribution in [3.63, 3.8) is 0 Å². The molecule has 0 aliphatic carbocycles. The number of aromatic nitrogens is 1. The molecule has 6 heteroatoms. The number of likely N-dealkylation sites (tertiary alicyclic amines) is 1. The van der Waals surface area contributed by atoms with E-state index in [0.29, 0.717) is 31.0 Å². The number of benzene rings is 1. The van der Waals surface area contributed by atoms with Crippen molar-refractivity contribution in [2.75, 3.05) is 13.1 Å². The van der Waals surface area contributed by atoms with Gasteiger partial charge in [-0.3, -0.25) is 4.79 Å². The fraction of sp³-hybridized carbons (Fsp3) is 0.333. The second-order valence-corrected chi connectivity index (χ2v) is 6.18. The van der Waals surface area contributed by atoms with E-state index < -0.39 is 6.10 Å². The van der Waals surface area contributed by atoms with Crippen LogP contribution in [0.2, 0.25) is 0 Å². The van der Waals surface area contributed by atoms with E-state index in [4.69, 9.17) is 11.6 Å². The van der Waals surface area contributed by atoms with Crippen LogP contribution in [-0.4, -0.2) is 40.1 Å². The molecule has 21 heavy (non-hydrogen) atoms. The lowest BCUT2D eigenvalue weighted by Gasteiger charge is -2.15. The van der Waals surface area contributed by atoms with Crippen LogP contribution in [0, 0.1) is 0 Å². The second kappa shape index (κ2) is 6.13. The summed E-state index contributed by atoms with van der Waals surface area (Å²) in [5, 5.41) is 12.3. The molecule has 1 aromatic carbocycles. The number of amides is 1. The highest BCUT2D eigenvalue weighted by Crippen LogP contribution is 2.26. The minimum atomic E-state index is -0.401. The first-order valence-electron chi connectivity index (χ1n) is 6.75. The average molecular weight is 323 g/mol. The molecule has 0 bridgehead atoms. The van der Waals surface area contributed by atoms with Crippen LogP contribution in [0.3, 0.4) is 0 Å². The van der Waals surface area contributed by atoms with Crippen molar-refractivity contribution >= 4 is 28.8 Å². The standard InChI is InChI=1S/C15H15ClN2O2S/c16-7-12-9-21-14(17-12)10-2-1-3-11(6-10)15(20)18-5-4-13(19)8-18/h1-3,6,9,13,19H,4-5,7-8H2. The van der Waals surface area contributed by atoms with Gasteiger partial charge in [-0.15, -0.1) is 22.9 Å². The Hall–Kier alpha value is -1.43. The molecule has 1 aliphatic rings. The number of halogens is 1. The van der Waals surface area contributed by atoms with Crippen LogP contribution in [0.25, 0.3) is 10.6 Å². The lowest BCUT2D eigenvalue weighted by molar-refractivity contribution is 0.0765. The molecule has 2 aromatic rings. The fourth-order valence-corrected chi connectivity index (χ4v) is 3.44. The third kappa shape index (κ3) is 3.10. The van der Waals surface area contributed by atoms with Crippen molar-refractivity contribution in [2.45, 2.75) is 18.4 Å². The average Bonchev–Trinajstić information content (AvgIpc) is 3.15. The van der Waals surface area contributed by atoms with Gasteiger partial charge in [0.05, 0.1) is 17.7 Å². The predicted octanol–water partition coefficient (Wildman–Crippen LogP) is 2.76. The molecule has 1 amide bonds. The highest BCUT2D eigenvalue weighted by Gasteiger charge is 2.25. The van der Waals surface area contributed by atoms with E-state index in [2.05, 4.69) is 4.98 Å². The molecule has 0 saturated carbocycles. The number of thiazole rings is 1. The van der Waals surface area contributed by atoms with Gasteiger partial charge in [0.2, 0.25) is 0 Å². The topological polar surface area (TPSA) is 53.4 Å². The minimum Gasteiger partial charge on any atom is -0.391 e. The third-order valence-corrected chi connectivity index (χ3v) is 4.71. The fourth-order valence-electron chi connectivity index (χ4n) is 2.40. The first kappa shape index (κ1) is 14.5. The summed E-state index contributed by atoms with van der Waals surface area (Å²) in [6, 6.07) is 7.44. The summed E-state index contributed by atoms with van der Waals surface area (Å²) in [6.07, 6.45) is 0.249. The molecule has 0 radical (unpaired) electrons. The van der Waals surface area contributed by atoms with Crippen molar-refractivity contribution in [3.05, 3.63) is 40.9 Å². The molecule has 1 atom stereocenters. The maximum absolute atomic E-state index is 12.4. The van der Waals surface area contributed by atoms with Crippen molar-refractivity contribution in [1.82, 2.24) is 9.88 Å². The van der Waals surface area contributed by atoms with Crippen LogP contribution < -0.4 is 0 Å². The van der Waals surface area contributed by atoms with Crippen LogP contribution in [0.15, 0.2) is 29.6 Å². The second-order valence-electron chi connectivity index (χ2n) is 5.05. The van der Waals surface area contributed by atoms with Gasteiger partial charge in [0.1, 0.15) is 5.01 Å². The van der Waals surface area contributed by atoms with Crippen LogP contribution in [0.5, 0.6) is 0 Å². The van der Waals surface area contributed by atoms with E-state index in [1.807, 2.05) is 23.6 Å². The van der Waals surface area contributed by atoms with Gasteiger partial charge in [-0.25, -0.2) is 4.98 Å². The van der Waals surface area contributed by atoms with E-state index in [0.717, 1.165) is 16.3 Å². The lowest BCUT2D eigenvalue weighted by atomic mass is 10.1. The molecule has 2 heterocycles. The van der Waals surface area contributed by atoms with E-state index in [-0.39, 0.29) is 5.91 Å². The SMILES string of the molecule is O=C(c1cccc(-c2nc(CCl)cs2)c1)N1CCC(O)C1. The monoisotopic (exact) mass is 322 g/mol. The number of aliphatic hydroxyl groups excluding tert-OH is 1. The molecule has 4 nitrogen and oxygen atoms in total.